The summed E-state index contributed by atoms with van der Waals surface area (Å²) in [5.74, 6) is -0.140. The minimum absolute atomic E-state index is 0.179. The number of benzene rings is 2. The quantitative estimate of drug-likeness (QED) is 0.361. The highest BCUT2D eigenvalue weighted by atomic mass is 16.5. The van der Waals surface area contributed by atoms with E-state index in [-0.39, 0.29) is 11.9 Å². The minimum Gasteiger partial charge on any atom is -0.467 e. The van der Waals surface area contributed by atoms with E-state index in [0.717, 1.165) is 11.1 Å². The molecular formula is C27H32N6O5. The first-order valence-corrected chi connectivity index (χ1v) is 12.4. The fourth-order valence-corrected chi connectivity index (χ4v) is 4.08. The highest BCUT2D eigenvalue weighted by Crippen LogP contribution is 2.19. The molecule has 3 aromatic rings. The molecule has 0 spiro atoms. The summed E-state index contributed by atoms with van der Waals surface area (Å²) >= 11 is 0. The summed E-state index contributed by atoms with van der Waals surface area (Å²) < 4.78 is 15.5. The SMILES string of the molecule is COC(=O)C(Cc1ccccc1)Nc1nc(NC(Cc2ccccc2)C(=O)OC)nc(N2CCOCC2)n1. The molecule has 1 saturated heterocycles. The van der Waals surface area contributed by atoms with Crippen LogP contribution in [-0.4, -0.2) is 79.5 Å². The predicted molar refractivity (Wildman–Crippen MR) is 142 cm³/mol. The molecule has 2 atom stereocenters. The maximum atomic E-state index is 12.6. The number of hydrogen-bond acceptors (Lipinski definition) is 11. The Balaban J connectivity index is 1.63. The lowest BCUT2D eigenvalue weighted by Gasteiger charge is -2.27. The monoisotopic (exact) mass is 520 g/mol. The van der Waals surface area contributed by atoms with Crippen molar-refractivity contribution in [1.82, 2.24) is 15.0 Å². The maximum Gasteiger partial charge on any atom is 0.328 e. The molecule has 2 aromatic carbocycles. The lowest BCUT2D eigenvalue weighted by Crippen LogP contribution is -2.39. The number of nitrogens with one attached hydrogen (secondary N) is 2. The number of rotatable bonds is 11. The van der Waals surface area contributed by atoms with Crippen LogP contribution in [0.25, 0.3) is 0 Å². The molecule has 200 valence electrons. The number of carbonyl (C=O) groups is 2. The van der Waals surface area contributed by atoms with Gasteiger partial charge in [0.1, 0.15) is 12.1 Å². The molecular weight excluding hydrogens is 488 g/mol. The van der Waals surface area contributed by atoms with Crippen molar-refractivity contribution in [2.24, 2.45) is 0 Å². The third-order valence-corrected chi connectivity index (χ3v) is 6.06. The molecule has 1 aliphatic rings. The van der Waals surface area contributed by atoms with Crippen molar-refractivity contribution in [3.63, 3.8) is 0 Å². The lowest BCUT2D eigenvalue weighted by atomic mass is 10.1. The minimum atomic E-state index is -0.740. The summed E-state index contributed by atoms with van der Waals surface area (Å²) in [6, 6.07) is 17.7. The van der Waals surface area contributed by atoms with Gasteiger partial charge in [0.2, 0.25) is 17.8 Å². The Morgan fingerprint density at radius 3 is 1.66 bits per heavy atom. The molecule has 11 nitrogen and oxygen atoms in total. The van der Waals surface area contributed by atoms with E-state index >= 15 is 0 Å². The van der Waals surface area contributed by atoms with E-state index in [9.17, 15) is 9.59 Å². The van der Waals surface area contributed by atoms with Crippen molar-refractivity contribution in [1.29, 1.82) is 0 Å². The smallest absolute Gasteiger partial charge is 0.328 e. The Bertz CT molecular complexity index is 1110. The number of aromatic nitrogens is 3. The van der Waals surface area contributed by atoms with E-state index < -0.39 is 24.0 Å². The van der Waals surface area contributed by atoms with Crippen LogP contribution in [0.2, 0.25) is 0 Å². The number of methoxy groups -OCH3 is 2. The summed E-state index contributed by atoms with van der Waals surface area (Å²) in [6.07, 6.45) is 0.737. The van der Waals surface area contributed by atoms with Crippen molar-refractivity contribution in [2.75, 3.05) is 56.1 Å². The van der Waals surface area contributed by atoms with Crippen LogP contribution in [0.5, 0.6) is 0 Å². The third kappa shape index (κ3) is 7.39. The Morgan fingerprint density at radius 2 is 1.24 bits per heavy atom. The van der Waals surface area contributed by atoms with Gasteiger partial charge in [0, 0.05) is 25.9 Å². The van der Waals surface area contributed by atoms with Gasteiger partial charge in [0.05, 0.1) is 27.4 Å². The number of ether oxygens (including phenoxy) is 3. The van der Waals surface area contributed by atoms with Crippen molar-refractivity contribution in [3.05, 3.63) is 71.8 Å². The van der Waals surface area contributed by atoms with Gasteiger partial charge < -0.3 is 29.7 Å². The number of anilines is 3. The van der Waals surface area contributed by atoms with Gasteiger partial charge in [-0.3, -0.25) is 0 Å². The van der Waals surface area contributed by atoms with Gasteiger partial charge in [-0.15, -0.1) is 0 Å². The molecule has 1 aliphatic heterocycles. The van der Waals surface area contributed by atoms with Crippen LogP contribution in [0.1, 0.15) is 11.1 Å². The van der Waals surface area contributed by atoms with Crippen LogP contribution >= 0.6 is 0 Å². The second-order valence-electron chi connectivity index (χ2n) is 8.70. The summed E-state index contributed by atoms with van der Waals surface area (Å²) in [4.78, 5) is 40.9. The highest BCUT2D eigenvalue weighted by Gasteiger charge is 2.25. The molecule has 0 saturated carbocycles. The van der Waals surface area contributed by atoms with E-state index in [2.05, 4.69) is 25.6 Å². The average molecular weight is 521 g/mol. The Hall–Kier alpha value is -4.25. The first-order chi connectivity index (χ1) is 18.6. The third-order valence-electron chi connectivity index (χ3n) is 6.06. The van der Waals surface area contributed by atoms with Gasteiger partial charge in [0.15, 0.2) is 0 Å². The lowest BCUT2D eigenvalue weighted by molar-refractivity contribution is -0.142. The Labute approximate surface area is 221 Å². The first-order valence-electron chi connectivity index (χ1n) is 12.4. The Kier molecular flexibility index (Phi) is 9.41. The van der Waals surface area contributed by atoms with E-state index in [1.54, 1.807) is 0 Å². The van der Waals surface area contributed by atoms with E-state index in [4.69, 9.17) is 14.2 Å². The number of nitrogens with zero attached hydrogens (tertiary/aromatic N) is 4. The number of esters is 2. The van der Waals surface area contributed by atoms with Gasteiger partial charge in [-0.25, -0.2) is 9.59 Å². The van der Waals surface area contributed by atoms with Crippen LogP contribution in [0.4, 0.5) is 17.8 Å². The van der Waals surface area contributed by atoms with Gasteiger partial charge in [-0.05, 0) is 11.1 Å². The molecule has 2 unspecified atom stereocenters. The maximum absolute atomic E-state index is 12.6. The zero-order valence-corrected chi connectivity index (χ0v) is 21.5. The van der Waals surface area contributed by atoms with Crippen LogP contribution < -0.4 is 15.5 Å². The van der Waals surface area contributed by atoms with Gasteiger partial charge >= 0.3 is 11.9 Å². The van der Waals surface area contributed by atoms with Gasteiger partial charge in [-0.1, -0.05) is 60.7 Å². The number of hydrogen-bond donors (Lipinski definition) is 2. The second kappa shape index (κ2) is 13.3. The average Bonchev–Trinajstić information content (AvgIpc) is 2.97. The van der Waals surface area contributed by atoms with Crippen LogP contribution in [0.15, 0.2) is 60.7 Å². The zero-order chi connectivity index (χ0) is 26.7. The number of carbonyl (C=O) groups excluding carboxylic acids is 2. The van der Waals surface area contributed by atoms with E-state index in [1.807, 2.05) is 65.6 Å². The topological polar surface area (TPSA) is 128 Å². The number of morpholine rings is 1. The molecule has 11 heteroatoms. The summed E-state index contributed by atoms with van der Waals surface area (Å²) in [5.41, 5.74) is 1.90. The molecule has 2 heterocycles. The van der Waals surface area contributed by atoms with Gasteiger partial charge in [0.25, 0.3) is 0 Å². The summed E-state index contributed by atoms with van der Waals surface area (Å²) in [5, 5.41) is 6.23. The predicted octanol–water partition coefficient (Wildman–Crippen LogP) is 2.10. The molecule has 4 rings (SSSR count). The summed E-state index contributed by atoms with van der Waals surface area (Å²) in [7, 11) is 2.68. The van der Waals surface area contributed by atoms with Crippen molar-refractivity contribution in [3.8, 4) is 0 Å². The molecule has 1 aromatic heterocycles. The molecule has 1 fully saturated rings. The van der Waals surface area contributed by atoms with Crippen LogP contribution in [0.3, 0.4) is 0 Å². The summed E-state index contributed by atoms with van der Waals surface area (Å²) in [6.45, 7) is 2.26. The largest absolute Gasteiger partial charge is 0.467 e. The Morgan fingerprint density at radius 1 is 0.789 bits per heavy atom. The van der Waals surface area contributed by atoms with Crippen molar-refractivity contribution < 1.29 is 23.8 Å². The van der Waals surface area contributed by atoms with Crippen LogP contribution in [0, 0.1) is 0 Å². The van der Waals surface area contributed by atoms with Crippen molar-refractivity contribution >= 4 is 29.8 Å². The molecule has 0 radical (unpaired) electrons. The molecule has 38 heavy (non-hydrogen) atoms. The standard InChI is InChI=1S/C27H32N6O5/c1-36-23(34)21(17-19-9-5-3-6-10-19)28-25-30-26(32-27(31-25)33-13-15-38-16-14-33)29-22(24(35)37-2)18-20-11-7-4-8-12-20/h3-12,21-22H,13-18H2,1-2H3,(H2,28,29,30,31,32). The molecule has 2 N–H and O–H groups in total. The van der Waals surface area contributed by atoms with Gasteiger partial charge in [-0.2, -0.15) is 15.0 Å². The van der Waals surface area contributed by atoms with E-state index in [0.29, 0.717) is 45.1 Å². The molecule has 0 amide bonds. The fourth-order valence-electron chi connectivity index (χ4n) is 4.08. The normalized spacial score (nSPS) is 14.7. The second-order valence-corrected chi connectivity index (χ2v) is 8.70. The molecule has 0 bridgehead atoms. The van der Waals surface area contributed by atoms with Crippen molar-refractivity contribution in [2.45, 2.75) is 24.9 Å². The fraction of sp³-hybridized carbons (Fsp3) is 0.370. The molecule has 0 aliphatic carbocycles. The van der Waals surface area contributed by atoms with E-state index in [1.165, 1.54) is 14.2 Å². The first kappa shape index (κ1) is 26.8. The zero-order valence-electron chi connectivity index (χ0n) is 21.5. The van der Waals surface area contributed by atoms with Crippen LogP contribution in [-0.2, 0) is 36.6 Å². The highest BCUT2D eigenvalue weighted by molar-refractivity contribution is 5.80.